The summed E-state index contributed by atoms with van der Waals surface area (Å²) in [4.78, 5) is 70.6. The minimum atomic E-state index is -3.42. The first kappa shape index (κ1) is 56.5. The number of rotatable bonds is 26. The van der Waals surface area contributed by atoms with Crippen molar-refractivity contribution in [1.29, 1.82) is 0 Å². The van der Waals surface area contributed by atoms with Crippen LogP contribution in [0, 0.1) is 35.5 Å². The maximum Gasteiger partial charge on any atom is 0.237 e. The van der Waals surface area contributed by atoms with E-state index < -0.39 is 51.1 Å². The molecule has 14 nitrogen and oxygen atoms in total. The highest BCUT2D eigenvalue weighted by molar-refractivity contribution is 7.58. The highest BCUT2D eigenvalue weighted by Gasteiger charge is 2.32. The largest absolute Gasteiger partial charge is 0.393 e. The van der Waals surface area contributed by atoms with Crippen LogP contribution in [0.3, 0.4) is 0 Å². The maximum absolute atomic E-state index is 12.7. The Labute approximate surface area is 362 Å². The van der Waals surface area contributed by atoms with Crippen molar-refractivity contribution in [1.82, 2.24) is 10.6 Å². The monoisotopic (exact) mass is 893 g/mol. The third-order valence-corrected chi connectivity index (χ3v) is 16.0. The van der Waals surface area contributed by atoms with E-state index >= 15 is 0 Å². The summed E-state index contributed by atoms with van der Waals surface area (Å²) in [7, 11) is -6.84. The van der Waals surface area contributed by atoms with Crippen LogP contribution in [0.1, 0.15) is 158 Å². The van der Waals surface area contributed by atoms with E-state index in [1.165, 1.54) is 12.8 Å². The average molecular weight is 893 g/mol. The number of nitrogens with one attached hydrogen (secondary N) is 2. The molecule has 0 aromatic rings. The van der Waals surface area contributed by atoms with E-state index in [1.54, 1.807) is 0 Å². The summed E-state index contributed by atoms with van der Waals surface area (Å²) in [5.41, 5.74) is 11.8. The van der Waals surface area contributed by atoms with Gasteiger partial charge in [-0.25, -0.2) is 0 Å². The highest BCUT2D eigenvalue weighted by atomic mass is 31.2. The lowest BCUT2D eigenvalue weighted by Gasteiger charge is -2.25. The van der Waals surface area contributed by atoms with Crippen molar-refractivity contribution in [2.75, 3.05) is 24.6 Å². The van der Waals surface area contributed by atoms with Gasteiger partial charge in [0.15, 0.2) is 11.6 Å². The summed E-state index contributed by atoms with van der Waals surface area (Å²) in [5, 5.41) is 26.1. The van der Waals surface area contributed by atoms with Gasteiger partial charge in [0.2, 0.25) is 26.6 Å². The molecule has 2 aliphatic rings. The molecule has 2 rings (SSSR count). The van der Waals surface area contributed by atoms with Crippen LogP contribution < -0.4 is 22.1 Å². The summed E-state index contributed by atoms with van der Waals surface area (Å²) >= 11 is 0. The number of hydrogen-bond acceptors (Lipinski definition) is 10. The quantitative estimate of drug-likeness (QED) is 0.0457. The predicted molar refractivity (Wildman–Crippen MR) is 241 cm³/mol. The Bertz CT molecular complexity index is 1280. The zero-order chi connectivity index (χ0) is 45.8. The lowest BCUT2D eigenvalue weighted by molar-refractivity contribution is -0.129. The van der Waals surface area contributed by atoms with Gasteiger partial charge in [0.1, 0.15) is 0 Å². The van der Waals surface area contributed by atoms with Gasteiger partial charge in [-0.05, 0) is 86.9 Å². The van der Waals surface area contributed by atoms with Crippen molar-refractivity contribution < 1.29 is 48.3 Å². The topological polar surface area (TPSA) is 259 Å². The van der Waals surface area contributed by atoms with E-state index in [-0.39, 0.29) is 109 Å². The SMILES string of the molecule is CC(C)C[C@@H](NC(=O)[C@@H](N)C(C)C)C(=O)CC[C@@H](O)CP(=O)(O)CC1CCCCC1.CC(C)C[C@H](NC(=O)[C@@H](N)C(C)C)C(=O)CC[C@@H](O)CP(=O)(O)CC1CCCCC1. The fourth-order valence-electron chi connectivity index (χ4n) is 8.13. The molecule has 8 atom stereocenters. The fraction of sp³-hybridized carbons (Fsp3) is 0.909. The molecule has 2 saturated carbocycles. The Balaban J connectivity index is 0.000000600. The number of nitrogens with two attached hydrogens (primary N) is 2. The van der Waals surface area contributed by atoms with E-state index in [1.807, 2.05) is 55.4 Å². The number of amides is 2. The van der Waals surface area contributed by atoms with Crippen LogP contribution in [-0.2, 0) is 28.3 Å². The number of Topliss-reactive ketones (excluding diaryl/α,β-unsaturated/α-hetero) is 2. The second-order valence-corrected chi connectivity index (χ2v) is 24.5. The number of aliphatic hydroxyl groups is 2. The summed E-state index contributed by atoms with van der Waals surface area (Å²) < 4.78 is 25.1. The first-order chi connectivity index (χ1) is 27.8. The van der Waals surface area contributed by atoms with E-state index in [2.05, 4.69) is 10.6 Å². The smallest absolute Gasteiger partial charge is 0.237 e. The third kappa shape index (κ3) is 24.4. The number of carbonyl (C=O) groups excluding carboxylic acids is 4. The molecule has 2 amide bonds. The predicted octanol–water partition coefficient (Wildman–Crippen LogP) is 6.12. The van der Waals surface area contributed by atoms with Crippen LogP contribution in [0.5, 0.6) is 0 Å². The third-order valence-electron chi connectivity index (χ3n) is 11.8. The number of aliphatic hydroxyl groups excluding tert-OH is 2. The molecular formula is C44H86N4O10P2. The van der Waals surface area contributed by atoms with Crippen molar-refractivity contribution in [2.24, 2.45) is 47.0 Å². The first-order valence-electron chi connectivity index (χ1n) is 23.0. The van der Waals surface area contributed by atoms with Crippen LogP contribution in [-0.4, -0.2) is 104 Å². The molecule has 60 heavy (non-hydrogen) atoms. The lowest BCUT2D eigenvalue weighted by Crippen LogP contribution is -2.50. The zero-order valence-electron chi connectivity index (χ0n) is 38.4. The van der Waals surface area contributed by atoms with Crippen LogP contribution in [0.2, 0.25) is 0 Å². The Morgan fingerprint density at radius 3 is 1.13 bits per heavy atom. The van der Waals surface area contributed by atoms with Gasteiger partial charge in [-0.15, -0.1) is 0 Å². The molecule has 0 spiro atoms. The molecule has 2 fully saturated rings. The Morgan fingerprint density at radius 1 is 0.567 bits per heavy atom. The standard InChI is InChI=1S/2C22H43N2O5P/c2*1-15(2)12-19(24-22(27)21(23)16(3)4)20(26)11-10-18(25)14-30(28,29)13-17-8-6-5-7-9-17/h2*15-19,21,25H,5-14,23H2,1-4H3,(H,24,27)(H,28,29)/t18-,19+,21+;18-,19-,21+/m11/s1. The van der Waals surface area contributed by atoms with Crippen LogP contribution >= 0.6 is 14.7 Å². The van der Waals surface area contributed by atoms with E-state index in [9.17, 15) is 48.3 Å². The zero-order valence-corrected chi connectivity index (χ0v) is 40.1. The summed E-state index contributed by atoms with van der Waals surface area (Å²) in [6.45, 7) is 15.3. The normalized spacial score (nSPS) is 20.6. The van der Waals surface area contributed by atoms with E-state index in [0.29, 0.717) is 12.8 Å². The van der Waals surface area contributed by atoms with E-state index in [4.69, 9.17) is 11.5 Å². The molecule has 0 bridgehead atoms. The summed E-state index contributed by atoms with van der Waals surface area (Å²) in [5.74, 6) is -0.194. The molecule has 352 valence electrons. The van der Waals surface area contributed by atoms with Gasteiger partial charge in [0, 0.05) is 25.2 Å². The molecule has 0 aliphatic heterocycles. The molecule has 10 N–H and O–H groups in total. The summed E-state index contributed by atoms with van der Waals surface area (Å²) in [6, 6.07) is -2.67. The Hall–Kier alpha value is -1.50. The highest BCUT2D eigenvalue weighted by Crippen LogP contribution is 2.47. The fourth-order valence-corrected chi connectivity index (χ4v) is 12.5. The van der Waals surface area contributed by atoms with Gasteiger partial charge in [-0.3, -0.25) is 28.3 Å². The molecule has 16 heteroatoms. The number of carbonyl (C=O) groups is 4. The lowest BCUT2D eigenvalue weighted by atomic mass is 9.91. The van der Waals surface area contributed by atoms with Gasteiger partial charge in [0.25, 0.3) is 0 Å². The number of ketones is 2. The minimum Gasteiger partial charge on any atom is -0.393 e. The van der Waals surface area contributed by atoms with Crippen molar-refractivity contribution in [3.05, 3.63) is 0 Å². The second kappa shape index (κ2) is 28.3. The maximum atomic E-state index is 12.7. The molecule has 0 saturated heterocycles. The molecule has 2 aliphatic carbocycles. The molecular weight excluding hydrogens is 806 g/mol. The van der Waals surface area contributed by atoms with Crippen molar-refractivity contribution in [3.63, 3.8) is 0 Å². The van der Waals surface area contributed by atoms with Gasteiger partial charge in [-0.1, -0.05) is 93.9 Å². The molecule has 2 unspecified atom stereocenters. The number of hydrogen-bond donors (Lipinski definition) is 8. The van der Waals surface area contributed by atoms with Crippen LogP contribution in [0.4, 0.5) is 0 Å². The van der Waals surface area contributed by atoms with Crippen LogP contribution in [0.25, 0.3) is 0 Å². The molecule has 0 aromatic carbocycles. The minimum absolute atomic E-state index is 0.0375. The first-order valence-corrected chi connectivity index (χ1v) is 27.0. The van der Waals surface area contributed by atoms with Gasteiger partial charge >= 0.3 is 0 Å². The van der Waals surface area contributed by atoms with Crippen molar-refractivity contribution in [2.45, 2.75) is 194 Å². The van der Waals surface area contributed by atoms with Gasteiger partial charge < -0.3 is 42.1 Å². The Morgan fingerprint density at radius 2 is 0.867 bits per heavy atom. The molecule has 0 aromatic heterocycles. The van der Waals surface area contributed by atoms with E-state index in [0.717, 1.165) is 51.4 Å². The Kier molecular flexibility index (Phi) is 26.7. The second-order valence-electron chi connectivity index (χ2n) is 19.7. The van der Waals surface area contributed by atoms with Gasteiger partial charge in [0.05, 0.1) is 48.7 Å². The molecule has 0 heterocycles. The average Bonchev–Trinajstić information content (AvgIpc) is 3.14. The summed E-state index contributed by atoms with van der Waals surface area (Å²) in [6.07, 6.45) is 10.2. The van der Waals surface area contributed by atoms with Crippen molar-refractivity contribution >= 4 is 38.1 Å². The van der Waals surface area contributed by atoms with Gasteiger partial charge in [-0.2, -0.15) is 0 Å². The van der Waals surface area contributed by atoms with Crippen molar-refractivity contribution in [3.8, 4) is 0 Å². The van der Waals surface area contributed by atoms with Crippen LogP contribution in [0.15, 0.2) is 0 Å². The molecule has 0 radical (unpaired) electrons.